The average molecular weight is 971 g/mol. The number of hydrogen-bond donors (Lipinski definition) is 3. The molecule has 0 rings (SSSR count). The first kappa shape index (κ1) is 67.1. The van der Waals surface area contributed by atoms with Gasteiger partial charge in [0.25, 0.3) is 0 Å². The summed E-state index contributed by atoms with van der Waals surface area (Å²) >= 11 is 0. The fourth-order valence-electron chi connectivity index (χ4n) is 9.39. The first-order valence-electron chi connectivity index (χ1n) is 30.8. The lowest BCUT2D eigenvalue weighted by Gasteiger charge is -2.20. The number of carbonyl (C=O) groups is 2. The predicted octanol–water partition coefficient (Wildman–Crippen LogP) is 19.2. The lowest BCUT2D eigenvalue weighted by atomic mass is 10.0. The van der Waals surface area contributed by atoms with Crippen molar-refractivity contribution in [3.63, 3.8) is 0 Å². The Hall–Kier alpha value is -1.92. The molecular formula is C63H119NO5. The summed E-state index contributed by atoms with van der Waals surface area (Å²) in [6.45, 7) is 4.88. The van der Waals surface area contributed by atoms with Crippen molar-refractivity contribution in [3.05, 3.63) is 36.5 Å². The van der Waals surface area contributed by atoms with E-state index in [-0.39, 0.29) is 18.5 Å². The molecule has 0 aromatic rings. The molecule has 0 saturated heterocycles. The second-order valence-corrected chi connectivity index (χ2v) is 21.0. The molecule has 0 aliphatic carbocycles. The van der Waals surface area contributed by atoms with Gasteiger partial charge in [-0.05, 0) is 83.5 Å². The minimum absolute atomic E-state index is 0.0104. The van der Waals surface area contributed by atoms with Crippen molar-refractivity contribution in [3.8, 4) is 0 Å². The fourth-order valence-corrected chi connectivity index (χ4v) is 9.39. The number of rotatable bonds is 57. The molecule has 6 nitrogen and oxygen atoms in total. The first-order chi connectivity index (χ1) is 34.0. The Labute approximate surface area is 430 Å². The normalized spacial score (nSPS) is 12.8. The molecule has 0 fully saturated rings. The van der Waals surface area contributed by atoms with Crippen molar-refractivity contribution in [1.82, 2.24) is 5.32 Å². The number of hydrogen-bond acceptors (Lipinski definition) is 5. The van der Waals surface area contributed by atoms with Gasteiger partial charge in [-0.3, -0.25) is 9.59 Å². The Kier molecular flexibility index (Phi) is 57.0. The monoisotopic (exact) mass is 970 g/mol. The number of nitrogens with one attached hydrogen (secondary N) is 1. The van der Waals surface area contributed by atoms with Crippen LogP contribution in [-0.4, -0.2) is 47.4 Å². The van der Waals surface area contributed by atoms with Gasteiger partial charge in [-0.25, -0.2) is 0 Å². The molecule has 2 atom stereocenters. The smallest absolute Gasteiger partial charge is 0.305 e. The van der Waals surface area contributed by atoms with E-state index in [1.54, 1.807) is 6.08 Å². The molecule has 6 heteroatoms. The Morgan fingerprint density at radius 3 is 1.03 bits per heavy atom. The maximum atomic E-state index is 12.4. The van der Waals surface area contributed by atoms with E-state index in [9.17, 15) is 19.8 Å². The Morgan fingerprint density at radius 2 is 0.681 bits per heavy atom. The van der Waals surface area contributed by atoms with Gasteiger partial charge in [-0.15, -0.1) is 0 Å². The van der Waals surface area contributed by atoms with E-state index < -0.39 is 12.1 Å². The molecular weight excluding hydrogens is 851 g/mol. The average Bonchev–Trinajstić information content (AvgIpc) is 3.35. The molecule has 69 heavy (non-hydrogen) atoms. The quantitative estimate of drug-likeness (QED) is 0.0321. The molecule has 0 aliphatic rings. The van der Waals surface area contributed by atoms with Crippen molar-refractivity contribution in [2.24, 2.45) is 0 Å². The van der Waals surface area contributed by atoms with E-state index in [0.717, 1.165) is 44.9 Å². The van der Waals surface area contributed by atoms with Gasteiger partial charge in [-0.1, -0.05) is 269 Å². The van der Waals surface area contributed by atoms with E-state index in [1.807, 2.05) is 6.08 Å². The van der Waals surface area contributed by atoms with Crippen molar-refractivity contribution in [2.45, 2.75) is 341 Å². The van der Waals surface area contributed by atoms with Gasteiger partial charge in [0, 0.05) is 12.8 Å². The van der Waals surface area contributed by atoms with Crippen molar-refractivity contribution < 1.29 is 24.5 Å². The van der Waals surface area contributed by atoms with Gasteiger partial charge in [0.1, 0.15) is 0 Å². The van der Waals surface area contributed by atoms with Crippen molar-refractivity contribution in [2.75, 3.05) is 13.2 Å². The summed E-state index contributed by atoms with van der Waals surface area (Å²) in [5.41, 5.74) is 0. The highest BCUT2D eigenvalue weighted by Gasteiger charge is 2.18. The molecule has 0 heterocycles. The van der Waals surface area contributed by atoms with Gasteiger partial charge in [0.15, 0.2) is 0 Å². The molecule has 0 saturated carbocycles. The van der Waals surface area contributed by atoms with Gasteiger partial charge < -0.3 is 20.3 Å². The number of amides is 1. The highest BCUT2D eigenvalue weighted by molar-refractivity contribution is 5.76. The van der Waals surface area contributed by atoms with E-state index >= 15 is 0 Å². The number of esters is 1. The zero-order chi connectivity index (χ0) is 50.0. The van der Waals surface area contributed by atoms with Gasteiger partial charge in [0.05, 0.1) is 25.4 Å². The van der Waals surface area contributed by atoms with E-state index in [4.69, 9.17) is 4.74 Å². The lowest BCUT2D eigenvalue weighted by molar-refractivity contribution is -0.143. The second kappa shape index (κ2) is 58.6. The van der Waals surface area contributed by atoms with Crippen LogP contribution in [0.1, 0.15) is 328 Å². The lowest BCUT2D eigenvalue weighted by Crippen LogP contribution is -2.45. The van der Waals surface area contributed by atoms with Crippen LogP contribution < -0.4 is 5.32 Å². The summed E-state index contributed by atoms with van der Waals surface area (Å²) in [5.74, 6) is -0.0620. The molecule has 0 radical (unpaired) electrons. The number of carbonyl (C=O) groups excluding carboxylic acids is 2. The van der Waals surface area contributed by atoms with Crippen LogP contribution in [-0.2, 0) is 14.3 Å². The van der Waals surface area contributed by atoms with Crippen LogP contribution in [0.4, 0.5) is 0 Å². The third-order valence-corrected chi connectivity index (χ3v) is 14.1. The molecule has 0 aromatic carbocycles. The number of aliphatic hydroxyl groups is 2. The van der Waals surface area contributed by atoms with Gasteiger partial charge in [0.2, 0.25) is 5.91 Å². The number of allylic oxidation sites excluding steroid dienone is 5. The molecule has 0 spiro atoms. The summed E-state index contributed by atoms with van der Waals surface area (Å²) in [5, 5.41) is 22.9. The number of ether oxygens (including phenoxy) is 1. The molecule has 406 valence electrons. The summed E-state index contributed by atoms with van der Waals surface area (Å²) in [6.07, 6.45) is 73.4. The number of aliphatic hydroxyl groups excluding tert-OH is 2. The maximum absolute atomic E-state index is 12.4. The van der Waals surface area contributed by atoms with Crippen LogP contribution in [0.15, 0.2) is 36.5 Å². The van der Waals surface area contributed by atoms with Crippen LogP contribution in [0.5, 0.6) is 0 Å². The molecule has 0 aromatic heterocycles. The zero-order valence-electron chi connectivity index (χ0n) is 46.3. The van der Waals surface area contributed by atoms with Crippen LogP contribution in [0.3, 0.4) is 0 Å². The molecule has 3 N–H and O–H groups in total. The fraction of sp³-hybridized carbons (Fsp3) is 0.873. The zero-order valence-corrected chi connectivity index (χ0v) is 46.3. The molecule has 1 amide bonds. The van der Waals surface area contributed by atoms with Crippen LogP contribution >= 0.6 is 0 Å². The maximum Gasteiger partial charge on any atom is 0.305 e. The summed E-state index contributed by atoms with van der Waals surface area (Å²) in [4.78, 5) is 24.5. The Bertz CT molecular complexity index is 1120. The van der Waals surface area contributed by atoms with Crippen molar-refractivity contribution >= 4 is 11.9 Å². The Balaban J connectivity index is 3.37. The summed E-state index contributed by atoms with van der Waals surface area (Å²) < 4.78 is 5.49. The number of unbranched alkanes of at least 4 members (excludes halogenated alkanes) is 42. The highest BCUT2D eigenvalue weighted by atomic mass is 16.5. The van der Waals surface area contributed by atoms with Crippen LogP contribution in [0.2, 0.25) is 0 Å². The topological polar surface area (TPSA) is 95.9 Å². The standard InChI is InChI=1S/C63H119NO5/c1-3-5-7-9-11-13-14-15-16-27-31-34-37-41-45-49-53-57-63(68)69-58-54-50-46-42-38-35-32-29-26-24-22-20-18-17-19-21-23-25-28-30-33-36-40-44-48-52-56-62(67)64-60(59-65)61(66)55-51-47-43-39-12-10-8-6-4-2/h15-17,19,51,55,60-61,65-66H,3-14,18,20-50,52-54,56-59H2,1-2H3,(H,64,67)/b16-15-,19-17-,55-51+. The molecule has 0 bridgehead atoms. The van der Waals surface area contributed by atoms with E-state index in [2.05, 4.69) is 43.5 Å². The van der Waals surface area contributed by atoms with Gasteiger partial charge in [-0.2, -0.15) is 0 Å². The minimum atomic E-state index is -0.843. The van der Waals surface area contributed by atoms with Crippen LogP contribution in [0, 0.1) is 0 Å². The van der Waals surface area contributed by atoms with Crippen LogP contribution in [0.25, 0.3) is 0 Å². The third-order valence-electron chi connectivity index (χ3n) is 14.1. The second-order valence-electron chi connectivity index (χ2n) is 21.0. The highest BCUT2D eigenvalue weighted by Crippen LogP contribution is 2.17. The first-order valence-corrected chi connectivity index (χ1v) is 30.8. The van der Waals surface area contributed by atoms with E-state index in [1.165, 1.54) is 257 Å². The largest absolute Gasteiger partial charge is 0.466 e. The summed E-state index contributed by atoms with van der Waals surface area (Å²) in [7, 11) is 0. The predicted molar refractivity (Wildman–Crippen MR) is 301 cm³/mol. The molecule has 0 aliphatic heterocycles. The summed E-state index contributed by atoms with van der Waals surface area (Å²) in [6, 6.07) is -0.627. The molecule has 2 unspecified atom stereocenters. The minimum Gasteiger partial charge on any atom is -0.466 e. The van der Waals surface area contributed by atoms with E-state index in [0.29, 0.717) is 19.4 Å². The third kappa shape index (κ3) is 55.2. The van der Waals surface area contributed by atoms with Gasteiger partial charge >= 0.3 is 5.97 Å². The Morgan fingerprint density at radius 1 is 0.391 bits per heavy atom. The van der Waals surface area contributed by atoms with Crippen molar-refractivity contribution in [1.29, 1.82) is 0 Å². The SMILES string of the molecule is CCCCCCCC/C=C\CCCCCCCCCC(=O)OCCCCCCCCCCCCCC/C=C\CCCCCCCCCCCCC(=O)NC(CO)C(O)/C=C/CCCCCCCCC.